The zero-order chi connectivity index (χ0) is 10.6. The third-order valence-corrected chi connectivity index (χ3v) is 2.22. The fourth-order valence-electron chi connectivity index (χ4n) is 1.04. The van der Waals surface area contributed by atoms with Gasteiger partial charge < -0.3 is 11.1 Å². The van der Waals surface area contributed by atoms with Crippen LogP contribution in [-0.2, 0) is 6.54 Å². The van der Waals surface area contributed by atoms with Crippen molar-refractivity contribution in [3.8, 4) is 0 Å². The van der Waals surface area contributed by atoms with Crippen LogP contribution in [0, 0.1) is 0 Å². The van der Waals surface area contributed by atoms with Crippen molar-refractivity contribution in [1.82, 2.24) is 5.32 Å². The minimum Gasteiger partial charge on any atom is -0.398 e. The molecule has 78 valence electrons. The van der Waals surface area contributed by atoms with Gasteiger partial charge in [-0.05, 0) is 17.7 Å². The van der Waals surface area contributed by atoms with Gasteiger partial charge in [0.2, 0.25) is 0 Å². The predicted molar refractivity (Wildman–Crippen MR) is 56.3 cm³/mol. The van der Waals surface area contributed by atoms with Crippen LogP contribution in [0.4, 0.5) is 14.5 Å². The molecule has 1 rings (SSSR count). The summed E-state index contributed by atoms with van der Waals surface area (Å²) in [7, 11) is 0. The highest BCUT2D eigenvalue weighted by Gasteiger charge is 2.03. The van der Waals surface area contributed by atoms with Crippen LogP contribution >= 0.6 is 15.9 Å². The van der Waals surface area contributed by atoms with E-state index in [9.17, 15) is 8.78 Å². The first-order chi connectivity index (χ1) is 6.59. The number of nitrogens with one attached hydrogen (secondary N) is 1. The maximum absolute atomic E-state index is 11.8. The van der Waals surface area contributed by atoms with Gasteiger partial charge in [-0.3, -0.25) is 0 Å². The van der Waals surface area contributed by atoms with Crippen molar-refractivity contribution in [3.05, 3.63) is 28.2 Å². The lowest BCUT2D eigenvalue weighted by Crippen LogP contribution is -2.21. The molecule has 1 aromatic rings. The Labute approximate surface area is 89.6 Å². The van der Waals surface area contributed by atoms with Crippen molar-refractivity contribution >= 4 is 21.6 Å². The number of halogens is 3. The number of alkyl halides is 2. The van der Waals surface area contributed by atoms with Gasteiger partial charge in [0.25, 0.3) is 6.43 Å². The predicted octanol–water partition coefficient (Wildman–Crippen LogP) is 2.39. The van der Waals surface area contributed by atoms with Gasteiger partial charge >= 0.3 is 0 Å². The van der Waals surface area contributed by atoms with E-state index in [0.29, 0.717) is 12.2 Å². The summed E-state index contributed by atoms with van der Waals surface area (Å²) >= 11 is 3.27. The molecule has 0 saturated carbocycles. The number of hydrogen-bond donors (Lipinski definition) is 2. The molecule has 1 aromatic carbocycles. The topological polar surface area (TPSA) is 38.0 Å². The monoisotopic (exact) mass is 264 g/mol. The van der Waals surface area contributed by atoms with E-state index >= 15 is 0 Å². The number of anilines is 1. The molecule has 0 bridgehead atoms. The van der Waals surface area contributed by atoms with Gasteiger partial charge in [0.1, 0.15) is 0 Å². The molecular weight excluding hydrogens is 254 g/mol. The molecule has 0 aliphatic heterocycles. The Morgan fingerprint density at radius 2 is 2.14 bits per heavy atom. The molecule has 3 N–H and O–H groups in total. The van der Waals surface area contributed by atoms with E-state index in [1.807, 2.05) is 6.07 Å². The lowest BCUT2D eigenvalue weighted by molar-refractivity contribution is 0.145. The van der Waals surface area contributed by atoms with Crippen molar-refractivity contribution < 1.29 is 8.78 Å². The summed E-state index contributed by atoms with van der Waals surface area (Å²) in [4.78, 5) is 0. The third-order valence-electron chi connectivity index (χ3n) is 1.72. The van der Waals surface area contributed by atoms with Crippen molar-refractivity contribution in [2.45, 2.75) is 13.0 Å². The molecule has 0 radical (unpaired) electrons. The van der Waals surface area contributed by atoms with E-state index in [1.54, 1.807) is 12.1 Å². The Bertz CT molecular complexity index is 305. The highest BCUT2D eigenvalue weighted by Crippen LogP contribution is 2.18. The Balaban J connectivity index is 2.51. The zero-order valence-corrected chi connectivity index (χ0v) is 9.02. The van der Waals surface area contributed by atoms with Crippen LogP contribution in [-0.4, -0.2) is 13.0 Å². The molecule has 0 unspecified atom stereocenters. The third kappa shape index (κ3) is 3.59. The molecule has 0 heterocycles. The summed E-state index contributed by atoms with van der Waals surface area (Å²) in [6.07, 6.45) is -2.33. The Morgan fingerprint density at radius 3 is 2.71 bits per heavy atom. The molecule has 0 aromatic heterocycles. The van der Waals surface area contributed by atoms with Crippen LogP contribution in [0.1, 0.15) is 5.56 Å². The standard InChI is InChI=1S/C9H11BrF2N2/c10-7-2-1-6(8(13)3-7)4-14-5-9(11)12/h1-3,9,14H,4-5,13H2. The second-order valence-electron chi connectivity index (χ2n) is 2.87. The van der Waals surface area contributed by atoms with Crippen LogP contribution in [0.25, 0.3) is 0 Å². The molecule has 0 amide bonds. The normalized spacial score (nSPS) is 10.9. The van der Waals surface area contributed by atoms with Crippen LogP contribution < -0.4 is 11.1 Å². The number of rotatable bonds is 4. The summed E-state index contributed by atoms with van der Waals surface area (Å²) in [5.41, 5.74) is 7.11. The second-order valence-corrected chi connectivity index (χ2v) is 3.78. The summed E-state index contributed by atoms with van der Waals surface area (Å²) in [6.45, 7) is 0.0545. The summed E-state index contributed by atoms with van der Waals surface area (Å²) in [5.74, 6) is 0. The lowest BCUT2D eigenvalue weighted by atomic mass is 10.2. The van der Waals surface area contributed by atoms with Gasteiger partial charge in [0.05, 0.1) is 6.54 Å². The van der Waals surface area contributed by atoms with Crippen molar-refractivity contribution in [3.63, 3.8) is 0 Å². The summed E-state index contributed by atoms with van der Waals surface area (Å²) < 4.78 is 24.5. The Hall–Kier alpha value is -0.680. The first-order valence-electron chi connectivity index (χ1n) is 4.12. The summed E-state index contributed by atoms with van der Waals surface area (Å²) in [6, 6.07) is 5.38. The minimum absolute atomic E-state index is 0.310. The molecule has 0 aliphatic rings. The Kier molecular flexibility index (Phi) is 4.28. The van der Waals surface area contributed by atoms with Gasteiger partial charge in [-0.2, -0.15) is 0 Å². The van der Waals surface area contributed by atoms with Crippen LogP contribution in [0.15, 0.2) is 22.7 Å². The first-order valence-corrected chi connectivity index (χ1v) is 4.91. The average Bonchev–Trinajstić information content (AvgIpc) is 2.08. The molecule has 0 aliphatic carbocycles. The molecule has 14 heavy (non-hydrogen) atoms. The highest BCUT2D eigenvalue weighted by atomic mass is 79.9. The van der Waals surface area contributed by atoms with E-state index < -0.39 is 6.43 Å². The largest absolute Gasteiger partial charge is 0.398 e. The maximum Gasteiger partial charge on any atom is 0.250 e. The van der Waals surface area contributed by atoms with Crippen LogP contribution in [0.2, 0.25) is 0 Å². The van der Waals surface area contributed by atoms with Gasteiger partial charge in [-0.15, -0.1) is 0 Å². The molecule has 0 saturated heterocycles. The van der Waals surface area contributed by atoms with E-state index in [-0.39, 0.29) is 6.54 Å². The highest BCUT2D eigenvalue weighted by molar-refractivity contribution is 9.10. The van der Waals surface area contributed by atoms with E-state index in [4.69, 9.17) is 5.73 Å². The molecule has 0 atom stereocenters. The van der Waals surface area contributed by atoms with E-state index in [0.717, 1.165) is 10.0 Å². The fourth-order valence-corrected chi connectivity index (χ4v) is 1.42. The molecule has 5 heteroatoms. The zero-order valence-electron chi connectivity index (χ0n) is 7.43. The SMILES string of the molecule is Nc1cc(Br)ccc1CNCC(F)F. The van der Waals surface area contributed by atoms with Gasteiger partial charge in [0, 0.05) is 16.7 Å². The lowest BCUT2D eigenvalue weighted by Gasteiger charge is -2.07. The summed E-state index contributed by atoms with van der Waals surface area (Å²) in [5, 5.41) is 2.62. The maximum atomic E-state index is 11.8. The quantitative estimate of drug-likeness (QED) is 0.820. The first kappa shape index (κ1) is 11.4. The van der Waals surface area contributed by atoms with Crippen molar-refractivity contribution in [2.24, 2.45) is 0 Å². The second kappa shape index (κ2) is 5.26. The van der Waals surface area contributed by atoms with Crippen LogP contribution in [0.5, 0.6) is 0 Å². The van der Waals surface area contributed by atoms with Gasteiger partial charge in [-0.1, -0.05) is 22.0 Å². The molecule has 0 spiro atoms. The minimum atomic E-state index is -2.33. The molecular formula is C9H11BrF2N2. The van der Waals surface area contributed by atoms with Crippen LogP contribution in [0.3, 0.4) is 0 Å². The number of nitrogen functional groups attached to an aromatic ring is 1. The van der Waals surface area contributed by atoms with Crippen molar-refractivity contribution in [2.75, 3.05) is 12.3 Å². The van der Waals surface area contributed by atoms with E-state index in [2.05, 4.69) is 21.2 Å². The Morgan fingerprint density at radius 1 is 1.43 bits per heavy atom. The molecule has 2 nitrogen and oxygen atoms in total. The molecule has 0 fully saturated rings. The number of hydrogen-bond acceptors (Lipinski definition) is 2. The van der Waals surface area contributed by atoms with E-state index in [1.165, 1.54) is 0 Å². The smallest absolute Gasteiger partial charge is 0.250 e. The van der Waals surface area contributed by atoms with Gasteiger partial charge in [0.15, 0.2) is 0 Å². The number of benzene rings is 1. The van der Waals surface area contributed by atoms with Crippen molar-refractivity contribution in [1.29, 1.82) is 0 Å². The van der Waals surface area contributed by atoms with Gasteiger partial charge in [-0.25, -0.2) is 8.78 Å². The fraction of sp³-hybridized carbons (Fsp3) is 0.333. The number of nitrogens with two attached hydrogens (primary N) is 1. The average molecular weight is 265 g/mol.